The van der Waals surface area contributed by atoms with Crippen molar-refractivity contribution in [3.63, 3.8) is 0 Å². The number of carbonyl (C=O) groups is 2. The third-order valence-electron chi connectivity index (χ3n) is 5.20. The van der Waals surface area contributed by atoms with Crippen molar-refractivity contribution in [1.82, 2.24) is 0 Å². The predicted octanol–water partition coefficient (Wildman–Crippen LogP) is 4.70. The van der Waals surface area contributed by atoms with Gasteiger partial charge in [-0.25, -0.2) is 4.79 Å². The molecule has 5 heteroatoms. The highest BCUT2D eigenvalue weighted by atomic mass is 35.5. The molecule has 0 bridgehead atoms. The molecule has 134 valence electrons. The lowest BCUT2D eigenvalue weighted by atomic mass is 9.81. The van der Waals surface area contributed by atoms with Crippen LogP contribution in [0.5, 0.6) is 0 Å². The lowest BCUT2D eigenvalue weighted by Gasteiger charge is -2.30. The van der Waals surface area contributed by atoms with Gasteiger partial charge in [0.25, 0.3) is 0 Å². The average Bonchev–Trinajstić information content (AvgIpc) is 2.53. The van der Waals surface area contributed by atoms with E-state index in [1.807, 2.05) is 13.8 Å². The van der Waals surface area contributed by atoms with Crippen molar-refractivity contribution in [3.05, 3.63) is 33.8 Å². The maximum Gasteiger partial charge on any atom is 0.337 e. The molecule has 4 nitrogen and oxygen atoms in total. The van der Waals surface area contributed by atoms with Crippen LogP contribution in [0.3, 0.4) is 0 Å². The summed E-state index contributed by atoms with van der Waals surface area (Å²) in [6.07, 6.45) is 6.33. The Morgan fingerprint density at radius 2 is 1.92 bits per heavy atom. The second kappa shape index (κ2) is 6.91. The molecule has 1 heterocycles. The van der Waals surface area contributed by atoms with Gasteiger partial charge in [-0.1, -0.05) is 30.9 Å². The first kappa shape index (κ1) is 18.1. The van der Waals surface area contributed by atoms with Gasteiger partial charge in [-0.15, -0.1) is 0 Å². The maximum atomic E-state index is 12.7. The number of halogens is 1. The number of carboxylic acid groups (broad SMARTS) is 1. The number of benzene rings is 1. The van der Waals surface area contributed by atoms with Crippen LogP contribution in [0.2, 0.25) is 5.02 Å². The molecule has 0 saturated heterocycles. The lowest BCUT2D eigenvalue weighted by Crippen LogP contribution is -2.31. The van der Waals surface area contributed by atoms with E-state index in [0.717, 1.165) is 36.8 Å². The Hall–Kier alpha value is -1.68. The van der Waals surface area contributed by atoms with Gasteiger partial charge >= 0.3 is 5.97 Å². The summed E-state index contributed by atoms with van der Waals surface area (Å²) in [7, 11) is 0. The van der Waals surface area contributed by atoms with Crippen molar-refractivity contribution < 1.29 is 14.7 Å². The molecule has 1 fully saturated rings. The second-order valence-corrected chi connectivity index (χ2v) is 8.23. The average molecular weight is 362 g/mol. The molecule has 1 N–H and O–H groups in total. The van der Waals surface area contributed by atoms with Crippen LogP contribution < -0.4 is 0 Å². The van der Waals surface area contributed by atoms with E-state index in [0.29, 0.717) is 12.1 Å². The maximum absolute atomic E-state index is 12.7. The fourth-order valence-corrected chi connectivity index (χ4v) is 4.26. The fraction of sp³-hybridized carbons (Fsp3) is 0.550. The van der Waals surface area contributed by atoms with E-state index >= 15 is 0 Å². The number of fused-ring (bicyclic) bond motifs is 1. The summed E-state index contributed by atoms with van der Waals surface area (Å²) in [5, 5.41) is 9.59. The van der Waals surface area contributed by atoms with E-state index in [2.05, 4.69) is 0 Å². The molecular weight excluding hydrogens is 338 g/mol. The molecule has 1 aromatic carbocycles. The van der Waals surface area contributed by atoms with Gasteiger partial charge in [-0.05, 0) is 50.8 Å². The molecule has 0 spiro atoms. The van der Waals surface area contributed by atoms with Crippen LogP contribution in [0.1, 0.15) is 73.9 Å². The molecule has 1 saturated carbocycles. The summed E-state index contributed by atoms with van der Waals surface area (Å²) in [6, 6.07) is 3.31. The molecule has 0 aromatic heterocycles. The lowest BCUT2D eigenvalue weighted by molar-refractivity contribution is -0.122. The molecule has 0 atom stereocenters. The Morgan fingerprint density at radius 3 is 2.56 bits per heavy atom. The molecular formula is C20H24ClNO3. The van der Waals surface area contributed by atoms with Crippen LogP contribution in [0, 0.1) is 5.92 Å². The van der Waals surface area contributed by atoms with E-state index in [1.165, 1.54) is 6.42 Å². The molecule has 0 unspecified atom stereocenters. The van der Waals surface area contributed by atoms with Crippen LogP contribution in [-0.2, 0) is 11.2 Å². The minimum absolute atomic E-state index is 0.0675. The molecule has 0 amide bonds. The SMILES string of the molecule is CC1(C)Cc2cc(Cl)c(C(=O)O)cc2C(CC(=O)C2CCCCC2)=N1. The standard InChI is InChI=1S/C20H24ClNO3/c1-20(2)11-13-8-16(21)15(19(24)25)9-14(13)17(22-20)10-18(23)12-6-4-3-5-7-12/h8-9,12H,3-7,10-11H2,1-2H3,(H,24,25). The van der Waals surface area contributed by atoms with Gasteiger partial charge in [0.15, 0.2) is 0 Å². The molecule has 1 aliphatic heterocycles. The zero-order valence-corrected chi connectivity index (χ0v) is 15.5. The Kier molecular flexibility index (Phi) is 5.01. The Bertz CT molecular complexity index is 746. The number of rotatable bonds is 4. The molecule has 0 radical (unpaired) electrons. The fourth-order valence-electron chi connectivity index (χ4n) is 3.99. The molecule has 1 aromatic rings. The van der Waals surface area contributed by atoms with Gasteiger partial charge < -0.3 is 5.11 Å². The van der Waals surface area contributed by atoms with Gasteiger partial charge in [0, 0.05) is 17.9 Å². The number of aromatic carboxylic acids is 1. The summed E-state index contributed by atoms with van der Waals surface area (Å²) in [4.78, 5) is 28.9. The van der Waals surface area contributed by atoms with Crippen molar-refractivity contribution in [1.29, 1.82) is 0 Å². The largest absolute Gasteiger partial charge is 0.478 e. The highest BCUT2D eigenvalue weighted by Crippen LogP contribution is 2.33. The minimum Gasteiger partial charge on any atom is -0.478 e. The molecule has 25 heavy (non-hydrogen) atoms. The number of hydrogen-bond donors (Lipinski definition) is 1. The van der Waals surface area contributed by atoms with Gasteiger partial charge in [0.2, 0.25) is 0 Å². The van der Waals surface area contributed by atoms with Crippen molar-refractivity contribution in [3.8, 4) is 0 Å². The normalized spacial score (nSPS) is 19.9. The smallest absolute Gasteiger partial charge is 0.337 e. The number of hydrogen-bond acceptors (Lipinski definition) is 3. The quantitative estimate of drug-likeness (QED) is 0.845. The number of nitrogens with zero attached hydrogens (tertiary/aromatic N) is 1. The Morgan fingerprint density at radius 1 is 1.24 bits per heavy atom. The van der Waals surface area contributed by atoms with E-state index in [1.54, 1.807) is 12.1 Å². The summed E-state index contributed by atoms with van der Waals surface area (Å²) in [5.74, 6) is -0.708. The third kappa shape index (κ3) is 3.95. The summed E-state index contributed by atoms with van der Waals surface area (Å²) >= 11 is 6.14. The summed E-state index contributed by atoms with van der Waals surface area (Å²) < 4.78 is 0. The summed E-state index contributed by atoms with van der Waals surface area (Å²) in [6.45, 7) is 4.06. The van der Waals surface area contributed by atoms with Crippen LogP contribution in [0.4, 0.5) is 0 Å². The Balaban J connectivity index is 1.95. The third-order valence-corrected chi connectivity index (χ3v) is 5.51. The number of carboxylic acids is 1. The van der Waals surface area contributed by atoms with Gasteiger partial charge in [0.1, 0.15) is 5.78 Å². The van der Waals surface area contributed by atoms with Crippen molar-refractivity contribution in [2.45, 2.75) is 64.3 Å². The molecule has 1 aliphatic carbocycles. The van der Waals surface area contributed by atoms with Gasteiger partial charge in [-0.3, -0.25) is 9.79 Å². The van der Waals surface area contributed by atoms with Crippen molar-refractivity contribution >= 4 is 29.1 Å². The van der Waals surface area contributed by atoms with Crippen LogP contribution >= 0.6 is 11.6 Å². The van der Waals surface area contributed by atoms with E-state index in [9.17, 15) is 14.7 Å². The van der Waals surface area contributed by atoms with Gasteiger partial charge in [0.05, 0.1) is 21.8 Å². The first-order chi connectivity index (χ1) is 11.8. The zero-order valence-electron chi connectivity index (χ0n) is 14.8. The van der Waals surface area contributed by atoms with Crippen LogP contribution in [0.15, 0.2) is 17.1 Å². The minimum atomic E-state index is -1.06. The summed E-state index contributed by atoms with van der Waals surface area (Å²) in [5.41, 5.74) is 2.20. The first-order valence-electron chi connectivity index (χ1n) is 8.94. The predicted molar refractivity (Wildman–Crippen MR) is 98.9 cm³/mol. The van der Waals surface area contributed by atoms with E-state index in [4.69, 9.17) is 16.6 Å². The van der Waals surface area contributed by atoms with Crippen molar-refractivity contribution in [2.24, 2.45) is 10.9 Å². The number of Topliss-reactive ketones (excluding diaryl/α,β-unsaturated/α-hetero) is 1. The molecule has 3 rings (SSSR count). The van der Waals surface area contributed by atoms with Crippen LogP contribution in [0.25, 0.3) is 0 Å². The number of carbonyl (C=O) groups excluding carboxylic acids is 1. The van der Waals surface area contributed by atoms with E-state index < -0.39 is 5.97 Å². The second-order valence-electron chi connectivity index (χ2n) is 7.82. The highest BCUT2D eigenvalue weighted by Gasteiger charge is 2.31. The van der Waals surface area contributed by atoms with Crippen molar-refractivity contribution in [2.75, 3.05) is 0 Å². The number of aliphatic imine (C=N–C) groups is 1. The van der Waals surface area contributed by atoms with E-state index in [-0.39, 0.29) is 34.2 Å². The first-order valence-corrected chi connectivity index (χ1v) is 9.32. The van der Waals surface area contributed by atoms with Gasteiger partial charge in [-0.2, -0.15) is 0 Å². The highest BCUT2D eigenvalue weighted by molar-refractivity contribution is 6.34. The van der Waals surface area contributed by atoms with Crippen LogP contribution in [-0.4, -0.2) is 28.1 Å². The molecule has 2 aliphatic rings. The Labute approximate surface area is 153 Å². The topological polar surface area (TPSA) is 66.7 Å². The zero-order chi connectivity index (χ0) is 18.2. The number of ketones is 1. The monoisotopic (exact) mass is 361 g/mol.